The van der Waals surface area contributed by atoms with Crippen LogP contribution in [0.3, 0.4) is 0 Å². The minimum absolute atomic E-state index is 0.323. The summed E-state index contributed by atoms with van der Waals surface area (Å²) < 4.78 is 44.5. The van der Waals surface area contributed by atoms with Crippen LogP contribution in [0.5, 0.6) is 5.75 Å². The Morgan fingerprint density at radius 3 is 2.20 bits per heavy atom. The molecule has 0 aromatic heterocycles. The number of hydrogen-bond acceptors (Lipinski definition) is 2. The van der Waals surface area contributed by atoms with Crippen LogP contribution in [0.4, 0.5) is 18.9 Å². The van der Waals surface area contributed by atoms with Gasteiger partial charge in [0.2, 0.25) is 0 Å². The van der Waals surface area contributed by atoms with Crippen molar-refractivity contribution in [1.29, 1.82) is 0 Å². The van der Waals surface area contributed by atoms with Crippen LogP contribution < -0.4 is 4.74 Å². The molecule has 1 fully saturated rings. The zero-order chi connectivity index (χ0) is 14.6. The first kappa shape index (κ1) is 14.9. The lowest BCUT2D eigenvalue weighted by molar-refractivity contribution is -0.0636. The van der Waals surface area contributed by atoms with Crippen molar-refractivity contribution in [2.24, 2.45) is 10.9 Å². The molecule has 0 unspecified atom stereocenters. The van der Waals surface area contributed by atoms with Crippen LogP contribution in [0.25, 0.3) is 0 Å². The average molecular weight is 285 g/mol. The summed E-state index contributed by atoms with van der Waals surface area (Å²) in [6.07, 6.45) is -0.486. The van der Waals surface area contributed by atoms with Gasteiger partial charge in [-0.1, -0.05) is 19.3 Å². The third kappa shape index (κ3) is 3.74. The summed E-state index contributed by atoms with van der Waals surface area (Å²) >= 11 is 0. The fourth-order valence-electron chi connectivity index (χ4n) is 2.56. The van der Waals surface area contributed by atoms with Crippen LogP contribution in [0.1, 0.15) is 32.1 Å². The van der Waals surface area contributed by atoms with Crippen molar-refractivity contribution in [2.75, 3.05) is 7.11 Å². The van der Waals surface area contributed by atoms with Crippen molar-refractivity contribution < 1.29 is 17.9 Å². The molecule has 0 radical (unpaired) electrons. The fraction of sp³-hybridized carbons (Fsp3) is 0.533. The zero-order valence-corrected chi connectivity index (χ0v) is 11.4. The SMILES string of the molecule is COc1ccc(N=C(C2CCCCC2)C(F)(F)F)cc1. The Morgan fingerprint density at radius 1 is 1.10 bits per heavy atom. The summed E-state index contributed by atoms with van der Waals surface area (Å²) in [5, 5.41) is 0. The number of methoxy groups -OCH3 is 1. The number of ether oxygens (including phenoxy) is 1. The first-order valence-corrected chi connectivity index (χ1v) is 6.80. The quantitative estimate of drug-likeness (QED) is 0.723. The van der Waals surface area contributed by atoms with Crippen molar-refractivity contribution in [3.05, 3.63) is 24.3 Å². The van der Waals surface area contributed by atoms with Gasteiger partial charge in [0.25, 0.3) is 0 Å². The predicted octanol–water partition coefficient (Wildman–Crippen LogP) is 4.91. The van der Waals surface area contributed by atoms with E-state index in [0.29, 0.717) is 24.3 Å². The van der Waals surface area contributed by atoms with E-state index in [-0.39, 0.29) is 0 Å². The molecule has 1 aromatic carbocycles. The minimum atomic E-state index is -4.36. The van der Waals surface area contributed by atoms with E-state index in [1.807, 2.05) is 0 Å². The van der Waals surface area contributed by atoms with Crippen molar-refractivity contribution in [3.8, 4) is 5.75 Å². The number of aliphatic imine (C=N–C) groups is 1. The van der Waals surface area contributed by atoms with Gasteiger partial charge in [-0.2, -0.15) is 13.2 Å². The molecule has 5 heteroatoms. The van der Waals surface area contributed by atoms with Crippen molar-refractivity contribution in [2.45, 2.75) is 38.3 Å². The van der Waals surface area contributed by atoms with Crippen LogP contribution in [-0.4, -0.2) is 19.0 Å². The van der Waals surface area contributed by atoms with Crippen molar-refractivity contribution >= 4 is 11.4 Å². The molecule has 0 bridgehead atoms. The predicted molar refractivity (Wildman–Crippen MR) is 72.7 cm³/mol. The Labute approximate surface area is 116 Å². The smallest absolute Gasteiger partial charge is 0.429 e. The fourth-order valence-corrected chi connectivity index (χ4v) is 2.56. The molecule has 20 heavy (non-hydrogen) atoms. The molecule has 0 atom stereocenters. The summed E-state index contributed by atoms with van der Waals surface area (Å²) in [5.74, 6) is 0.140. The summed E-state index contributed by atoms with van der Waals surface area (Å²) in [4.78, 5) is 3.87. The molecule has 0 aliphatic heterocycles. The molecule has 1 aliphatic rings. The molecular formula is C15H18F3NO. The Kier molecular flexibility index (Phi) is 4.68. The summed E-state index contributed by atoms with van der Waals surface area (Å²) in [6.45, 7) is 0. The topological polar surface area (TPSA) is 21.6 Å². The lowest BCUT2D eigenvalue weighted by Gasteiger charge is -2.24. The van der Waals surface area contributed by atoms with E-state index >= 15 is 0 Å². The molecule has 0 saturated heterocycles. The van der Waals surface area contributed by atoms with Crippen LogP contribution in [0.15, 0.2) is 29.3 Å². The van der Waals surface area contributed by atoms with E-state index in [4.69, 9.17) is 4.74 Å². The second-order valence-electron chi connectivity index (χ2n) is 5.03. The molecule has 0 spiro atoms. The van der Waals surface area contributed by atoms with Crippen LogP contribution >= 0.6 is 0 Å². The normalized spacial score (nSPS) is 18.1. The van der Waals surface area contributed by atoms with Gasteiger partial charge in [-0.05, 0) is 37.1 Å². The number of hydrogen-bond donors (Lipinski definition) is 0. The number of rotatable bonds is 3. The monoisotopic (exact) mass is 285 g/mol. The van der Waals surface area contributed by atoms with Gasteiger partial charge in [-0.15, -0.1) is 0 Å². The van der Waals surface area contributed by atoms with Crippen molar-refractivity contribution in [3.63, 3.8) is 0 Å². The Balaban J connectivity index is 2.26. The van der Waals surface area contributed by atoms with E-state index < -0.39 is 17.8 Å². The number of nitrogens with zero attached hydrogens (tertiary/aromatic N) is 1. The number of alkyl halides is 3. The average Bonchev–Trinajstić information content (AvgIpc) is 2.45. The van der Waals surface area contributed by atoms with Gasteiger partial charge in [-0.25, -0.2) is 4.99 Å². The first-order chi connectivity index (χ1) is 9.50. The molecule has 2 nitrogen and oxygen atoms in total. The van der Waals surface area contributed by atoms with Crippen molar-refractivity contribution in [1.82, 2.24) is 0 Å². The minimum Gasteiger partial charge on any atom is -0.497 e. The van der Waals surface area contributed by atoms with Gasteiger partial charge < -0.3 is 4.74 Å². The molecule has 1 aliphatic carbocycles. The van der Waals surface area contributed by atoms with Gasteiger partial charge in [0, 0.05) is 5.92 Å². The van der Waals surface area contributed by atoms with E-state index in [9.17, 15) is 13.2 Å². The van der Waals surface area contributed by atoms with Gasteiger partial charge in [0.05, 0.1) is 12.8 Å². The molecule has 2 rings (SSSR count). The maximum Gasteiger partial charge on any atom is 0.429 e. The number of benzene rings is 1. The number of halogens is 3. The van der Waals surface area contributed by atoms with E-state index in [0.717, 1.165) is 19.3 Å². The second kappa shape index (κ2) is 6.29. The summed E-state index contributed by atoms with van der Waals surface area (Å²) in [5.41, 5.74) is -0.314. The molecular weight excluding hydrogens is 267 g/mol. The van der Waals surface area contributed by atoms with Crippen LogP contribution in [0, 0.1) is 5.92 Å². The Bertz CT molecular complexity index is 459. The Morgan fingerprint density at radius 2 is 1.70 bits per heavy atom. The zero-order valence-electron chi connectivity index (χ0n) is 11.4. The lowest BCUT2D eigenvalue weighted by Crippen LogP contribution is -2.32. The summed E-state index contributed by atoms with van der Waals surface area (Å²) in [7, 11) is 1.52. The molecule has 0 amide bonds. The van der Waals surface area contributed by atoms with Crippen LogP contribution in [-0.2, 0) is 0 Å². The standard InChI is InChI=1S/C15H18F3NO/c1-20-13-9-7-12(8-10-13)19-14(15(16,17)18)11-5-3-2-4-6-11/h7-11H,2-6H2,1H3. The molecule has 0 N–H and O–H groups in total. The first-order valence-electron chi connectivity index (χ1n) is 6.80. The Hall–Kier alpha value is -1.52. The highest BCUT2D eigenvalue weighted by molar-refractivity contribution is 5.93. The second-order valence-corrected chi connectivity index (χ2v) is 5.03. The molecule has 1 saturated carbocycles. The molecule has 110 valence electrons. The summed E-state index contributed by atoms with van der Waals surface area (Å²) in [6, 6.07) is 6.34. The lowest BCUT2D eigenvalue weighted by atomic mass is 9.85. The van der Waals surface area contributed by atoms with E-state index in [1.54, 1.807) is 24.3 Å². The molecule has 1 aromatic rings. The maximum absolute atomic E-state index is 13.2. The third-order valence-electron chi connectivity index (χ3n) is 3.60. The van der Waals surface area contributed by atoms with Gasteiger partial charge >= 0.3 is 6.18 Å². The molecule has 0 heterocycles. The van der Waals surface area contributed by atoms with Gasteiger partial charge in [0.1, 0.15) is 11.5 Å². The van der Waals surface area contributed by atoms with Crippen LogP contribution in [0.2, 0.25) is 0 Å². The maximum atomic E-state index is 13.2. The third-order valence-corrected chi connectivity index (χ3v) is 3.60. The largest absolute Gasteiger partial charge is 0.497 e. The highest BCUT2D eigenvalue weighted by Gasteiger charge is 2.40. The highest BCUT2D eigenvalue weighted by Crippen LogP contribution is 2.34. The highest BCUT2D eigenvalue weighted by atomic mass is 19.4. The van der Waals surface area contributed by atoms with Gasteiger partial charge in [0.15, 0.2) is 0 Å². The van der Waals surface area contributed by atoms with E-state index in [1.165, 1.54) is 7.11 Å². The van der Waals surface area contributed by atoms with Gasteiger partial charge in [-0.3, -0.25) is 0 Å². The van der Waals surface area contributed by atoms with E-state index in [2.05, 4.69) is 4.99 Å².